The molecule has 0 aliphatic rings. The lowest BCUT2D eigenvalue weighted by molar-refractivity contribution is 0.00664. The Morgan fingerprint density at radius 3 is 2.39 bits per heavy atom. The van der Waals surface area contributed by atoms with Crippen molar-refractivity contribution >= 4 is 5.97 Å². The van der Waals surface area contributed by atoms with Crippen LogP contribution in [0, 0.1) is 17.5 Å². The summed E-state index contributed by atoms with van der Waals surface area (Å²) in [5.74, 6) is -3.93. The molecule has 2 aromatic carbocycles. The van der Waals surface area contributed by atoms with Crippen LogP contribution in [0.15, 0.2) is 48.5 Å². The van der Waals surface area contributed by atoms with E-state index < -0.39 is 34.8 Å². The highest BCUT2D eigenvalue weighted by atomic mass is 19.1. The number of pyridine rings is 1. The zero-order valence-corrected chi connectivity index (χ0v) is 17.3. The number of nitrogens with zero attached hydrogens (tertiary/aromatic N) is 1. The third-order valence-electron chi connectivity index (χ3n) is 4.04. The number of benzene rings is 2. The van der Waals surface area contributed by atoms with Gasteiger partial charge in [0.2, 0.25) is 5.88 Å². The normalized spacial score (nSPS) is 11.2. The van der Waals surface area contributed by atoms with Crippen LogP contribution in [0.5, 0.6) is 17.4 Å². The van der Waals surface area contributed by atoms with Crippen LogP contribution < -0.4 is 9.47 Å². The maximum Gasteiger partial charge on any atom is 0.344 e. The summed E-state index contributed by atoms with van der Waals surface area (Å²) in [6.07, 6.45) is 0. The van der Waals surface area contributed by atoms with Crippen molar-refractivity contribution in [1.82, 2.24) is 4.98 Å². The van der Waals surface area contributed by atoms with Gasteiger partial charge in [-0.1, -0.05) is 6.07 Å². The van der Waals surface area contributed by atoms with E-state index in [0.717, 1.165) is 18.2 Å². The molecular weight excluding hydrogens is 411 g/mol. The predicted molar refractivity (Wildman–Crippen MR) is 108 cm³/mol. The number of aromatic nitrogens is 1. The van der Waals surface area contributed by atoms with Crippen LogP contribution in [-0.4, -0.2) is 23.7 Å². The summed E-state index contributed by atoms with van der Waals surface area (Å²) in [6, 6.07) is 9.79. The number of esters is 1. The molecule has 0 atom stereocenters. The topological polar surface area (TPSA) is 57.7 Å². The first-order chi connectivity index (χ1) is 14.6. The summed E-state index contributed by atoms with van der Waals surface area (Å²) in [5, 5.41) is 0. The van der Waals surface area contributed by atoms with Crippen LogP contribution in [0.1, 0.15) is 31.1 Å². The van der Waals surface area contributed by atoms with Crippen LogP contribution in [0.25, 0.3) is 11.3 Å². The Hall–Kier alpha value is -3.55. The second-order valence-corrected chi connectivity index (χ2v) is 7.55. The molecule has 0 unspecified atom stereocenters. The minimum absolute atomic E-state index is 0.00541. The molecule has 1 aromatic heterocycles. The van der Waals surface area contributed by atoms with E-state index in [9.17, 15) is 18.0 Å². The van der Waals surface area contributed by atoms with E-state index >= 15 is 0 Å². The van der Waals surface area contributed by atoms with E-state index in [0.29, 0.717) is 0 Å². The largest absolute Gasteiger partial charge is 0.494 e. The van der Waals surface area contributed by atoms with E-state index in [-0.39, 0.29) is 28.5 Å². The van der Waals surface area contributed by atoms with Crippen molar-refractivity contribution in [1.29, 1.82) is 0 Å². The SMILES string of the molecule is COc1cccc(-c2ccc(C(=O)OC(C)(C)C)c(Oc3cc(F)ccc3F)n2)c1F. The van der Waals surface area contributed by atoms with Crippen molar-refractivity contribution in [3.05, 3.63) is 71.5 Å². The van der Waals surface area contributed by atoms with Crippen molar-refractivity contribution in [3.63, 3.8) is 0 Å². The number of rotatable bonds is 5. The highest BCUT2D eigenvalue weighted by molar-refractivity contribution is 5.92. The first-order valence-corrected chi connectivity index (χ1v) is 9.29. The fourth-order valence-electron chi connectivity index (χ4n) is 2.68. The van der Waals surface area contributed by atoms with Gasteiger partial charge in [-0.3, -0.25) is 0 Å². The Bertz CT molecular complexity index is 1130. The third-order valence-corrected chi connectivity index (χ3v) is 4.04. The van der Waals surface area contributed by atoms with Gasteiger partial charge in [0.05, 0.1) is 12.8 Å². The number of halogens is 3. The predicted octanol–water partition coefficient (Wildman–Crippen LogP) is 5.92. The number of carbonyl (C=O) groups excluding carboxylic acids is 1. The summed E-state index contributed by atoms with van der Waals surface area (Å²) in [4.78, 5) is 16.8. The van der Waals surface area contributed by atoms with Crippen LogP contribution in [0.4, 0.5) is 13.2 Å². The molecule has 0 amide bonds. The van der Waals surface area contributed by atoms with E-state index in [2.05, 4.69) is 4.98 Å². The van der Waals surface area contributed by atoms with Crippen LogP contribution in [-0.2, 0) is 4.74 Å². The molecule has 0 saturated carbocycles. The number of hydrogen-bond acceptors (Lipinski definition) is 5. The van der Waals surface area contributed by atoms with E-state index in [1.165, 1.54) is 31.4 Å². The first-order valence-electron chi connectivity index (χ1n) is 9.29. The quantitative estimate of drug-likeness (QED) is 0.469. The van der Waals surface area contributed by atoms with Gasteiger partial charge in [-0.05, 0) is 57.2 Å². The molecule has 8 heteroatoms. The standard InChI is InChI=1S/C23H20F3NO4/c1-23(2,3)31-22(28)15-9-11-17(14-6-5-7-18(29-4)20(14)26)27-21(15)30-19-12-13(24)8-10-16(19)25/h5-12H,1-4H3. The Kier molecular flexibility index (Phi) is 6.19. The van der Waals surface area contributed by atoms with Crippen LogP contribution in [0.3, 0.4) is 0 Å². The first kappa shape index (κ1) is 22.1. The van der Waals surface area contributed by atoms with Gasteiger partial charge in [0, 0.05) is 11.6 Å². The molecule has 0 saturated heterocycles. The van der Waals surface area contributed by atoms with Gasteiger partial charge in [0.15, 0.2) is 23.1 Å². The molecule has 0 bridgehead atoms. The smallest absolute Gasteiger partial charge is 0.344 e. The van der Waals surface area contributed by atoms with E-state index in [4.69, 9.17) is 14.2 Å². The summed E-state index contributed by atoms with van der Waals surface area (Å²) in [5.41, 5.74) is -0.795. The number of ether oxygens (including phenoxy) is 3. The van der Waals surface area contributed by atoms with Gasteiger partial charge in [-0.2, -0.15) is 0 Å². The molecule has 3 aromatic rings. The number of hydrogen-bond donors (Lipinski definition) is 0. The van der Waals surface area contributed by atoms with Crippen LogP contribution in [0.2, 0.25) is 0 Å². The lowest BCUT2D eigenvalue weighted by Gasteiger charge is -2.20. The maximum absolute atomic E-state index is 14.7. The van der Waals surface area contributed by atoms with Gasteiger partial charge in [-0.15, -0.1) is 0 Å². The third kappa shape index (κ3) is 5.14. The molecule has 0 radical (unpaired) electrons. The van der Waals surface area contributed by atoms with Crippen molar-refractivity contribution < 1.29 is 32.2 Å². The highest BCUT2D eigenvalue weighted by Crippen LogP contribution is 2.33. The number of methoxy groups -OCH3 is 1. The van der Waals surface area contributed by atoms with Crippen molar-refractivity contribution in [2.24, 2.45) is 0 Å². The molecule has 5 nitrogen and oxygen atoms in total. The average Bonchev–Trinajstić information content (AvgIpc) is 2.69. The molecule has 31 heavy (non-hydrogen) atoms. The monoisotopic (exact) mass is 431 g/mol. The van der Waals surface area contributed by atoms with E-state index in [1.807, 2.05) is 0 Å². The molecule has 0 aliphatic carbocycles. The Labute approximate surface area is 177 Å². The minimum atomic E-state index is -0.865. The molecule has 3 rings (SSSR count). The summed E-state index contributed by atoms with van der Waals surface area (Å²) in [6.45, 7) is 5.02. The second kappa shape index (κ2) is 8.67. The number of carbonyl (C=O) groups is 1. The molecular formula is C23H20F3NO4. The lowest BCUT2D eigenvalue weighted by atomic mass is 10.1. The minimum Gasteiger partial charge on any atom is -0.494 e. The molecule has 0 N–H and O–H groups in total. The van der Waals surface area contributed by atoms with Gasteiger partial charge >= 0.3 is 5.97 Å². The Morgan fingerprint density at radius 1 is 0.968 bits per heavy atom. The van der Waals surface area contributed by atoms with Gasteiger partial charge in [0.25, 0.3) is 0 Å². The van der Waals surface area contributed by atoms with Gasteiger partial charge in [0.1, 0.15) is 17.0 Å². The van der Waals surface area contributed by atoms with E-state index in [1.54, 1.807) is 26.8 Å². The summed E-state index contributed by atoms with van der Waals surface area (Å²) >= 11 is 0. The van der Waals surface area contributed by atoms with Crippen LogP contribution >= 0.6 is 0 Å². The Balaban J connectivity index is 2.12. The molecule has 0 aliphatic heterocycles. The van der Waals surface area contributed by atoms with Gasteiger partial charge in [-0.25, -0.2) is 22.9 Å². The van der Waals surface area contributed by atoms with Crippen molar-refractivity contribution in [2.45, 2.75) is 26.4 Å². The maximum atomic E-state index is 14.7. The highest BCUT2D eigenvalue weighted by Gasteiger charge is 2.24. The summed E-state index contributed by atoms with van der Waals surface area (Å²) in [7, 11) is 1.32. The molecule has 0 spiro atoms. The second-order valence-electron chi connectivity index (χ2n) is 7.55. The summed E-state index contributed by atoms with van der Waals surface area (Å²) < 4.78 is 58.2. The van der Waals surface area contributed by atoms with Crippen molar-refractivity contribution in [2.75, 3.05) is 7.11 Å². The zero-order chi connectivity index (χ0) is 22.8. The molecule has 1 heterocycles. The lowest BCUT2D eigenvalue weighted by Crippen LogP contribution is -2.24. The van der Waals surface area contributed by atoms with Crippen molar-refractivity contribution in [3.8, 4) is 28.6 Å². The fraction of sp³-hybridized carbons (Fsp3) is 0.217. The molecule has 162 valence electrons. The fourth-order valence-corrected chi connectivity index (χ4v) is 2.68. The van der Waals surface area contributed by atoms with Gasteiger partial charge < -0.3 is 14.2 Å². The average molecular weight is 431 g/mol. The molecule has 0 fully saturated rings. The Morgan fingerprint density at radius 2 is 1.71 bits per heavy atom. The zero-order valence-electron chi connectivity index (χ0n) is 17.3.